The zero-order valence-corrected chi connectivity index (χ0v) is 23.9. The molecule has 204 valence electrons. The monoisotopic (exact) mass is 546 g/mol. The molecule has 0 unspecified atom stereocenters. The van der Waals surface area contributed by atoms with Crippen molar-refractivity contribution >= 4 is 44.4 Å². The maximum absolute atomic E-state index is 6.51. The van der Waals surface area contributed by atoms with Crippen molar-refractivity contribution in [1.29, 1.82) is 0 Å². The highest BCUT2D eigenvalue weighted by Gasteiger charge is 2.24. The molecular weight excluding hydrogens is 516 g/mol. The van der Waals surface area contributed by atoms with Crippen LogP contribution in [0.2, 0.25) is 0 Å². The topological polar surface area (TPSA) is 33.0 Å². The minimum Gasteiger partial charge on any atom is -0.457 e. The average molecular weight is 547 g/mol. The molecule has 0 N–H and O–H groups in total. The van der Waals surface area contributed by atoms with Gasteiger partial charge in [0.05, 0.1) is 35.5 Å². The Labute approximate surface area is 244 Å². The van der Waals surface area contributed by atoms with Crippen molar-refractivity contribution in [3.63, 3.8) is 0 Å². The van der Waals surface area contributed by atoms with Crippen LogP contribution in [0.1, 0.15) is 11.1 Å². The number of anilines is 3. The second-order valence-corrected chi connectivity index (χ2v) is 11.1. The van der Waals surface area contributed by atoms with Gasteiger partial charge >= 0.3 is 0 Å². The predicted octanol–water partition coefficient (Wildman–Crippen LogP) is 9.26. The van der Waals surface area contributed by atoms with Crippen LogP contribution in [0.3, 0.4) is 0 Å². The third-order valence-electron chi connectivity index (χ3n) is 8.47. The molecule has 3 heterocycles. The van der Waals surface area contributed by atoms with Gasteiger partial charge < -0.3 is 14.5 Å². The average Bonchev–Trinajstić information content (AvgIpc) is 3.59. The molecule has 0 aliphatic carbocycles. The van der Waals surface area contributed by atoms with E-state index in [9.17, 15) is 0 Å². The molecule has 1 aliphatic rings. The molecule has 5 heteroatoms. The summed E-state index contributed by atoms with van der Waals surface area (Å²) in [6, 6.07) is 38.2. The Kier molecular flexibility index (Phi) is 5.47. The molecule has 42 heavy (non-hydrogen) atoms. The summed E-state index contributed by atoms with van der Waals surface area (Å²) in [5, 5.41) is 3.42. The number of aromatic nitrogens is 2. The van der Waals surface area contributed by atoms with Crippen molar-refractivity contribution < 1.29 is 4.74 Å². The molecule has 5 nitrogen and oxygen atoms in total. The molecule has 5 aromatic carbocycles. The van der Waals surface area contributed by atoms with E-state index in [0.717, 1.165) is 51.5 Å². The number of hydrogen-bond acceptors (Lipinski definition) is 4. The summed E-state index contributed by atoms with van der Waals surface area (Å²) in [4.78, 5) is 9.57. The van der Waals surface area contributed by atoms with Crippen LogP contribution in [-0.2, 0) is 0 Å². The van der Waals surface area contributed by atoms with Crippen LogP contribution < -0.4 is 14.5 Å². The quantitative estimate of drug-likeness (QED) is 0.206. The minimum absolute atomic E-state index is 0.785. The summed E-state index contributed by atoms with van der Waals surface area (Å²) in [6.07, 6.45) is 2.01. The number of ether oxygens (including phenoxy) is 1. The molecule has 1 aliphatic heterocycles. The summed E-state index contributed by atoms with van der Waals surface area (Å²) < 4.78 is 8.82. The fourth-order valence-electron chi connectivity index (χ4n) is 6.54. The first-order chi connectivity index (χ1) is 20.6. The van der Waals surface area contributed by atoms with Crippen LogP contribution in [0.4, 0.5) is 17.1 Å². The van der Waals surface area contributed by atoms with E-state index in [-0.39, 0.29) is 0 Å². The van der Waals surface area contributed by atoms with Crippen molar-refractivity contribution in [2.24, 2.45) is 0 Å². The van der Waals surface area contributed by atoms with E-state index in [2.05, 4.69) is 138 Å². The lowest BCUT2D eigenvalue weighted by atomic mass is 10.00. The lowest BCUT2D eigenvalue weighted by Gasteiger charge is -2.20. The molecule has 0 saturated heterocycles. The maximum Gasteiger partial charge on any atom is 0.145 e. The van der Waals surface area contributed by atoms with E-state index in [4.69, 9.17) is 9.72 Å². The van der Waals surface area contributed by atoms with Crippen molar-refractivity contribution in [1.82, 2.24) is 9.38 Å². The van der Waals surface area contributed by atoms with Gasteiger partial charge in [-0.25, -0.2) is 4.98 Å². The number of hydrogen-bond donors (Lipinski definition) is 0. The normalized spacial score (nSPS) is 12.9. The number of fused-ring (bicyclic) bond motifs is 7. The van der Waals surface area contributed by atoms with Gasteiger partial charge in [0.2, 0.25) is 0 Å². The van der Waals surface area contributed by atoms with Crippen molar-refractivity contribution in [2.45, 2.75) is 13.8 Å². The first-order valence-electron chi connectivity index (χ1n) is 14.3. The third kappa shape index (κ3) is 3.74. The Morgan fingerprint density at radius 2 is 1.40 bits per heavy atom. The Bertz CT molecular complexity index is 2140. The fourth-order valence-corrected chi connectivity index (χ4v) is 6.54. The molecule has 0 fully saturated rings. The lowest BCUT2D eigenvalue weighted by Crippen LogP contribution is -2.23. The van der Waals surface area contributed by atoms with Crippen LogP contribution >= 0.6 is 0 Å². The molecule has 2 aromatic heterocycles. The third-order valence-corrected chi connectivity index (χ3v) is 8.47. The Balaban J connectivity index is 1.24. The van der Waals surface area contributed by atoms with E-state index in [1.807, 2.05) is 12.3 Å². The number of imidazole rings is 1. The summed E-state index contributed by atoms with van der Waals surface area (Å²) in [5.41, 5.74) is 10.4. The van der Waals surface area contributed by atoms with E-state index >= 15 is 0 Å². The SMILES string of the molecule is Cc1cccc(C)c1-c1cnc2c3cc(Oc4cccc(N5CN(C)c6ccccc65)c4)ccc3c3ccccc3n12. The number of para-hydroxylation sites is 3. The van der Waals surface area contributed by atoms with Gasteiger partial charge in [-0.05, 0) is 78.9 Å². The van der Waals surface area contributed by atoms with Crippen LogP contribution in [0.25, 0.3) is 38.6 Å². The highest BCUT2D eigenvalue weighted by atomic mass is 16.5. The molecule has 0 bridgehead atoms. The van der Waals surface area contributed by atoms with E-state index in [1.54, 1.807) is 0 Å². The second kappa shape index (κ2) is 9.38. The van der Waals surface area contributed by atoms with Gasteiger partial charge in [-0.15, -0.1) is 0 Å². The van der Waals surface area contributed by atoms with Gasteiger partial charge in [0, 0.05) is 35.1 Å². The fraction of sp³-hybridized carbons (Fsp3) is 0.108. The highest BCUT2D eigenvalue weighted by molar-refractivity contribution is 6.12. The Morgan fingerprint density at radius 1 is 0.667 bits per heavy atom. The first kappa shape index (κ1) is 24.5. The van der Waals surface area contributed by atoms with Gasteiger partial charge in [-0.3, -0.25) is 4.40 Å². The Morgan fingerprint density at radius 3 is 2.26 bits per heavy atom. The van der Waals surface area contributed by atoms with Gasteiger partial charge in [0.25, 0.3) is 0 Å². The molecule has 8 rings (SSSR count). The maximum atomic E-state index is 6.51. The molecule has 0 atom stereocenters. The standard InChI is InChI=1S/C37H30N4O/c1-24-10-8-11-25(2)36(24)35-22-38-37-31-21-28(18-19-29(31)30-14-4-5-15-32(30)41(35)37)42-27-13-9-12-26(20-27)40-23-39(3)33-16-6-7-17-34(33)40/h4-22H,23H2,1-3H3. The number of benzene rings is 5. The second-order valence-electron chi connectivity index (χ2n) is 11.1. The zero-order valence-electron chi connectivity index (χ0n) is 23.9. The van der Waals surface area contributed by atoms with E-state index in [0.29, 0.717) is 0 Å². The van der Waals surface area contributed by atoms with Gasteiger partial charge in [0.15, 0.2) is 0 Å². The largest absolute Gasteiger partial charge is 0.457 e. The van der Waals surface area contributed by atoms with Crippen LogP contribution in [0, 0.1) is 13.8 Å². The van der Waals surface area contributed by atoms with Gasteiger partial charge in [-0.2, -0.15) is 0 Å². The van der Waals surface area contributed by atoms with Gasteiger partial charge in [-0.1, -0.05) is 54.6 Å². The summed E-state index contributed by atoms with van der Waals surface area (Å²) in [5.74, 6) is 1.59. The summed E-state index contributed by atoms with van der Waals surface area (Å²) in [7, 11) is 2.13. The number of rotatable bonds is 4. The smallest absolute Gasteiger partial charge is 0.145 e. The summed E-state index contributed by atoms with van der Waals surface area (Å²) >= 11 is 0. The van der Waals surface area contributed by atoms with Gasteiger partial charge in [0.1, 0.15) is 17.1 Å². The molecular formula is C37H30N4O. The molecule has 0 amide bonds. The van der Waals surface area contributed by atoms with Crippen LogP contribution in [0.15, 0.2) is 115 Å². The van der Waals surface area contributed by atoms with E-state index in [1.165, 1.54) is 33.5 Å². The number of aryl methyl sites for hydroxylation is 2. The van der Waals surface area contributed by atoms with E-state index < -0.39 is 0 Å². The Hall–Kier alpha value is -5.29. The minimum atomic E-state index is 0.785. The van der Waals surface area contributed by atoms with Crippen molar-refractivity contribution in [3.8, 4) is 22.8 Å². The zero-order chi connectivity index (χ0) is 28.4. The lowest BCUT2D eigenvalue weighted by molar-refractivity contribution is 0.483. The van der Waals surface area contributed by atoms with Crippen LogP contribution in [0.5, 0.6) is 11.5 Å². The van der Waals surface area contributed by atoms with Crippen molar-refractivity contribution in [2.75, 3.05) is 23.5 Å². The molecule has 0 saturated carbocycles. The molecule has 0 radical (unpaired) electrons. The number of nitrogens with zero attached hydrogens (tertiary/aromatic N) is 4. The first-order valence-corrected chi connectivity index (χ1v) is 14.3. The molecule has 7 aromatic rings. The predicted molar refractivity (Wildman–Crippen MR) is 173 cm³/mol. The van der Waals surface area contributed by atoms with Crippen LogP contribution in [-0.4, -0.2) is 23.1 Å². The number of pyridine rings is 1. The molecule has 0 spiro atoms. The van der Waals surface area contributed by atoms with Crippen molar-refractivity contribution in [3.05, 3.63) is 127 Å². The summed E-state index contributed by atoms with van der Waals surface area (Å²) in [6.45, 7) is 5.14. The highest BCUT2D eigenvalue weighted by Crippen LogP contribution is 2.41.